The minimum Gasteiger partial charge on any atom is -0.300 e. The molecule has 1 rings (SSSR count). The van der Waals surface area contributed by atoms with Gasteiger partial charge in [0, 0.05) is 6.04 Å². The molecule has 1 nitrogen and oxygen atoms in total. The van der Waals surface area contributed by atoms with Gasteiger partial charge in [-0.1, -0.05) is 39.5 Å². The smallest absolute Gasteiger partial charge is 0.00925 e. The molecule has 1 saturated heterocycles. The summed E-state index contributed by atoms with van der Waals surface area (Å²) in [6.45, 7) is 9.82. The van der Waals surface area contributed by atoms with Gasteiger partial charge in [-0.05, 0) is 45.2 Å². The quantitative estimate of drug-likeness (QED) is 0.619. The van der Waals surface area contributed by atoms with E-state index in [2.05, 4.69) is 25.7 Å². The van der Waals surface area contributed by atoms with Crippen molar-refractivity contribution < 1.29 is 0 Å². The zero-order valence-electron chi connectivity index (χ0n) is 11.0. The molecule has 0 radical (unpaired) electrons. The van der Waals surface area contributed by atoms with Crippen molar-refractivity contribution in [2.24, 2.45) is 5.92 Å². The molecule has 15 heavy (non-hydrogen) atoms. The summed E-state index contributed by atoms with van der Waals surface area (Å²) >= 11 is 0. The lowest BCUT2D eigenvalue weighted by Crippen LogP contribution is -2.37. The van der Waals surface area contributed by atoms with Gasteiger partial charge in [-0.3, -0.25) is 0 Å². The van der Waals surface area contributed by atoms with Crippen LogP contribution in [0.4, 0.5) is 0 Å². The topological polar surface area (TPSA) is 3.24 Å². The van der Waals surface area contributed by atoms with Gasteiger partial charge in [-0.2, -0.15) is 0 Å². The number of unbranched alkanes of at least 4 members (excludes halogenated alkanes) is 3. The first kappa shape index (κ1) is 13.0. The predicted octanol–water partition coefficient (Wildman–Crippen LogP) is 4.08. The van der Waals surface area contributed by atoms with Gasteiger partial charge < -0.3 is 4.90 Å². The number of likely N-dealkylation sites (tertiary alicyclic amines) is 1. The van der Waals surface area contributed by atoms with Gasteiger partial charge in [0.25, 0.3) is 0 Å². The molecule has 1 aliphatic heterocycles. The molecule has 2 atom stereocenters. The molecule has 0 N–H and O–H groups in total. The molecular formula is C14H29N. The second-order valence-electron chi connectivity index (χ2n) is 5.31. The minimum atomic E-state index is 0.814. The van der Waals surface area contributed by atoms with Crippen LogP contribution in [0.1, 0.15) is 65.7 Å². The Labute approximate surface area is 96.2 Å². The Morgan fingerprint density at radius 1 is 1.07 bits per heavy atom. The summed E-state index contributed by atoms with van der Waals surface area (Å²) in [6, 6.07) is 0.814. The highest BCUT2D eigenvalue weighted by atomic mass is 15.2. The van der Waals surface area contributed by atoms with Crippen LogP contribution in [0.3, 0.4) is 0 Å². The van der Waals surface area contributed by atoms with E-state index in [-0.39, 0.29) is 0 Å². The van der Waals surface area contributed by atoms with E-state index in [0.717, 1.165) is 12.0 Å². The average molecular weight is 211 g/mol. The van der Waals surface area contributed by atoms with Crippen LogP contribution in [-0.2, 0) is 0 Å². The van der Waals surface area contributed by atoms with Crippen molar-refractivity contribution in [3.05, 3.63) is 0 Å². The lowest BCUT2D eigenvalue weighted by Gasteiger charge is -2.30. The summed E-state index contributed by atoms with van der Waals surface area (Å²) in [6.07, 6.45) is 9.90. The maximum atomic E-state index is 2.73. The van der Waals surface area contributed by atoms with Gasteiger partial charge >= 0.3 is 0 Å². The van der Waals surface area contributed by atoms with E-state index in [4.69, 9.17) is 0 Å². The molecule has 1 fully saturated rings. The molecule has 1 heteroatoms. The maximum absolute atomic E-state index is 2.73. The van der Waals surface area contributed by atoms with E-state index in [1.54, 1.807) is 0 Å². The van der Waals surface area contributed by atoms with Crippen molar-refractivity contribution in [1.29, 1.82) is 0 Å². The van der Waals surface area contributed by atoms with E-state index in [1.807, 2.05) is 0 Å². The SMILES string of the molecule is CCCCCCN1CCCCC(C)C1C. The van der Waals surface area contributed by atoms with Crippen LogP contribution in [0.5, 0.6) is 0 Å². The summed E-state index contributed by atoms with van der Waals surface area (Å²) in [4.78, 5) is 2.73. The number of hydrogen-bond donors (Lipinski definition) is 0. The van der Waals surface area contributed by atoms with Crippen molar-refractivity contribution in [1.82, 2.24) is 4.90 Å². The van der Waals surface area contributed by atoms with Crippen LogP contribution >= 0.6 is 0 Å². The van der Waals surface area contributed by atoms with Gasteiger partial charge in [0.15, 0.2) is 0 Å². The fourth-order valence-corrected chi connectivity index (χ4v) is 2.64. The van der Waals surface area contributed by atoms with Crippen LogP contribution in [-0.4, -0.2) is 24.0 Å². The minimum absolute atomic E-state index is 0.814. The second-order valence-corrected chi connectivity index (χ2v) is 5.31. The lowest BCUT2D eigenvalue weighted by atomic mass is 9.98. The third kappa shape index (κ3) is 4.55. The molecule has 0 amide bonds. The highest BCUT2D eigenvalue weighted by molar-refractivity contribution is 4.76. The lowest BCUT2D eigenvalue weighted by molar-refractivity contribution is 0.173. The van der Waals surface area contributed by atoms with E-state index < -0.39 is 0 Å². The number of hydrogen-bond acceptors (Lipinski definition) is 1. The summed E-state index contributed by atoms with van der Waals surface area (Å²) in [7, 11) is 0. The van der Waals surface area contributed by atoms with Crippen molar-refractivity contribution >= 4 is 0 Å². The van der Waals surface area contributed by atoms with Crippen LogP contribution in [0.25, 0.3) is 0 Å². The largest absolute Gasteiger partial charge is 0.300 e. The fraction of sp³-hybridized carbons (Fsp3) is 1.00. The van der Waals surface area contributed by atoms with Gasteiger partial charge in [0.1, 0.15) is 0 Å². The molecule has 1 aliphatic rings. The Morgan fingerprint density at radius 3 is 2.60 bits per heavy atom. The molecule has 0 aliphatic carbocycles. The normalized spacial score (nSPS) is 29.0. The Bertz CT molecular complexity index is 155. The van der Waals surface area contributed by atoms with Gasteiger partial charge in [0.2, 0.25) is 0 Å². The summed E-state index contributed by atoms with van der Waals surface area (Å²) in [5.41, 5.74) is 0. The van der Waals surface area contributed by atoms with E-state index >= 15 is 0 Å². The standard InChI is InChI=1S/C14H29N/c1-4-5-6-8-11-15-12-9-7-10-13(2)14(15)3/h13-14H,4-12H2,1-3H3. The van der Waals surface area contributed by atoms with Crippen LogP contribution in [0, 0.1) is 5.92 Å². The zero-order valence-corrected chi connectivity index (χ0v) is 11.0. The molecule has 0 aromatic rings. The third-order valence-electron chi connectivity index (χ3n) is 4.05. The van der Waals surface area contributed by atoms with Crippen molar-refractivity contribution in [2.75, 3.05) is 13.1 Å². The van der Waals surface area contributed by atoms with E-state index in [1.165, 1.54) is 58.0 Å². The fourth-order valence-electron chi connectivity index (χ4n) is 2.64. The summed E-state index contributed by atoms with van der Waals surface area (Å²) in [5.74, 6) is 0.902. The van der Waals surface area contributed by atoms with Gasteiger partial charge in [0.05, 0.1) is 0 Å². The molecule has 1 heterocycles. The first-order valence-electron chi connectivity index (χ1n) is 6.99. The highest BCUT2D eigenvalue weighted by Gasteiger charge is 2.21. The van der Waals surface area contributed by atoms with Crippen molar-refractivity contribution in [3.8, 4) is 0 Å². The van der Waals surface area contributed by atoms with Gasteiger partial charge in [-0.25, -0.2) is 0 Å². The third-order valence-corrected chi connectivity index (χ3v) is 4.05. The Morgan fingerprint density at radius 2 is 1.87 bits per heavy atom. The number of rotatable bonds is 5. The van der Waals surface area contributed by atoms with Crippen molar-refractivity contribution in [2.45, 2.75) is 71.8 Å². The monoisotopic (exact) mass is 211 g/mol. The summed E-state index contributed by atoms with van der Waals surface area (Å²) in [5, 5.41) is 0. The van der Waals surface area contributed by atoms with E-state index in [9.17, 15) is 0 Å². The Balaban J connectivity index is 2.24. The van der Waals surface area contributed by atoms with Crippen LogP contribution in [0.15, 0.2) is 0 Å². The Hall–Kier alpha value is -0.0400. The first-order valence-corrected chi connectivity index (χ1v) is 6.99. The molecule has 0 bridgehead atoms. The van der Waals surface area contributed by atoms with Gasteiger partial charge in [-0.15, -0.1) is 0 Å². The van der Waals surface area contributed by atoms with E-state index in [0.29, 0.717) is 0 Å². The molecule has 2 unspecified atom stereocenters. The Kier molecular flexibility index (Phi) is 6.31. The van der Waals surface area contributed by atoms with Crippen LogP contribution in [0.2, 0.25) is 0 Å². The second kappa shape index (κ2) is 7.27. The molecule has 0 saturated carbocycles. The first-order chi connectivity index (χ1) is 7.25. The predicted molar refractivity (Wildman–Crippen MR) is 68.2 cm³/mol. The highest BCUT2D eigenvalue weighted by Crippen LogP contribution is 2.22. The molecule has 0 aromatic heterocycles. The molecule has 0 aromatic carbocycles. The van der Waals surface area contributed by atoms with Crippen LogP contribution < -0.4 is 0 Å². The zero-order chi connectivity index (χ0) is 11.1. The summed E-state index contributed by atoms with van der Waals surface area (Å²) < 4.78 is 0. The van der Waals surface area contributed by atoms with Crippen molar-refractivity contribution in [3.63, 3.8) is 0 Å². The average Bonchev–Trinajstić information content (AvgIpc) is 2.39. The number of nitrogens with zero attached hydrogens (tertiary/aromatic N) is 1. The molecule has 0 spiro atoms. The molecular weight excluding hydrogens is 182 g/mol. The molecule has 90 valence electrons. The maximum Gasteiger partial charge on any atom is 0.00925 e.